The molecule has 2 aromatic carbocycles. The quantitative estimate of drug-likeness (QED) is 0.531. The fourth-order valence-electron chi connectivity index (χ4n) is 5.04. The van der Waals surface area contributed by atoms with Crippen molar-refractivity contribution in [1.29, 1.82) is 0 Å². The third kappa shape index (κ3) is 4.80. The average Bonchev–Trinajstić information content (AvgIpc) is 3.27. The average molecular weight is 483 g/mol. The van der Waals surface area contributed by atoms with Crippen LogP contribution in [0.1, 0.15) is 35.2 Å². The lowest BCUT2D eigenvalue weighted by molar-refractivity contribution is -0.137. The fraction of sp³-hybridized carbons (Fsp3) is 0.346. The van der Waals surface area contributed by atoms with Gasteiger partial charge < -0.3 is 15.1 Å². The second kappa shape index (κ2) is 8.87. The molecule has 182 valence electrons. The molecule has 2 saturated heterocycles. The van der Waals surface area contributed by atoms with Crippen molar-refractivity contribution in [2.45, 2.75) is 25.4 Å². The number of anilines is 1. The Morgan fingerprint density at radius 1 is 0.914 bits per heavy atom. The first-order valence-corrected chi connectivity index (χ1v) is 11.6. The van der Waals surface area contributed by atoms with Gasteiger partial charge in [0.1, 0.15) is 0 Å². The monoisotopic (exact) mass is 482 g/mol. The van der Waals surface area contributed by atoms with E-state index in [-0.39, 0.29) is 17.4 Å². The first-order chi connectivity index (χ1) is 16.7. The van der Waals surface area contributed by atoms with Gasteiger partial charge in [0, 0.05) is 49.0 Å². The Balaban J connectivity index is 1.17. The number of fused-ring (bicyclic) bond motifs is 1. The number of benzene rings is 2. The predicted molar refractivity (Wildman–Crippen MR) is 126 cm³/mol. The number of urea groups is 1. The third-order valence-corrected chi connectivity index (χ3v) is 7.15. The van der Waals surface area contributed by atoms with Crippen molar-refractivity contribution in [2.75, 3.05) is 31.5 Å². The zero-order chi connectivity index (χ0) is 24.6. The van der Waals surface area contributed by atoms with E-state index in [1.54, 1.807) is 11.1 Å². The van der Waals surface area contributed by atoms with Crippen LogP contribution in [0.25, 0.3) is 10.9 Å². The van der Waals surface area contributed by atoms with Gasteiger partial charge in [-0.05, 0) is 73.2 Å². The van der Waals surface area contributed by atoms with Gasteiger partial charge in [-0.1, -0.05) is 6.07 Å². The predicted octanol–water partition coefficient (Wildman–Crippen LogP) is 5.41. The van der Waals surface area contributed by atoms with Crippen LogP contribution in [0.3, 0.4) is 0 Å². The highest BCUT2D eigenvalue weighted by molar-refractivity contribution is 5.98. The van der Waals surface area contributed by atoms with E-state index < -0.39 is 11.7 Å². The molecule has 35 heavy (non-hydrogen) atoms. The summed E-state index contributed by atoms with van der Waals surface area (Å²) in [6, 6.07) is 13.5. The van der Waals surface area contributed by atoms with Gasteiger partial charge in [0.25, 0.3) is 5.91 Å². The number of hydrogen-bond donors (Lipinski definition) is 1. The number of hydrogen-bond acceptors (Lipinski definition) is 3. The fourth-order valence-corrected chi connectivity index (χ4v) is 5.04. The molecule has 1 spiro atoms. The van der Waals surface area contributed by atoms with E-state index in [1.165, 1.54) is 12.1 Å². The minimum absolute atomic E-state index is 0.000466. The molecule has 9 heteroatoms. The number of alkyl halides is 3. The number of likely N-dealkylation sites (tertiary alicyclic amines) is 2. The number of nitrogens with one attached hydrogen (secondary N) is 1. The number of halogens is 3. The van der Waals surface area contributed by atoms with Crippen molar-refractivity contribution in [3.63, 3.8) is 0 Å². The normalized spacial score (nSPS) is 17.7. The van der Waals surface area contributed by atoms with Gasteiger partial charge in [0.15, 0.2) is 0 Å². The van der Waals surface area contributed by atoms with Crippen LogP contribution in [0.15, 0.2) is 60.8 Å². The molecule has 5 rings (SSSR count). The maximum Gasteiger partial charge on any atom is 0.416 e. The zero-order valence-electron chi connectivity index (χ0n) is 19.0. The van der Waals surface area contributed by atoms with Crippen LogP contribution in [-0.4, -0.2) is 52.9 Å². The summed E-state index contributed by atoms with van der Waals surface area (Å²) < 4.78 is 38.2. The van der Waals surface area contributed by atoms with Crippen LogP contribution < -0.4 is 5.32 Å². The van der Waals surface area contributed by atoms with Crippen LogP contribution in [0, 0.1) is 5.41 Å². The summed E-state index contributed by atoms with van der Waals surface area (Å²) in [6.45, 7) is 2.40. The molecular weight excluding hydrogens is 457 g/mol. The highest BCUT2D eigenvalue weighted by Crippen LogP contribution is 2.41. The molecule has 3 heterocycles. The molecule has 3 aromatic rings. The molecule has 2 fully saturated rings. The molecule has 0 unspecified atom stereocenters. The first kappa shape index (κ1) is 23.1. The summed E-state index contributed by atoms with van der Waals surface area (Å²) in [4.78, 5) is 33.7. The Labute approximate surface area is 200 Å². The maximum absolute atomic E-state index is 13.1. The molecule has 1 aromatic heterocycles. The number of amides is 3. The van der Waals surface area contributed by atoms with Crippen molar-refractivity contribution in [1.82, 2.24) is 14.8 Å². The van der Waals surface area contributed by atoms with E-state index in [2.05, 4.69) is 10.3 Å². The number of aromatic nitrogens is 1. The number of piperidine rings is 1. The molecule has 3 amide bonds. The lowest BCUT2D eigenvalue weighted by atomic mass is 9.77. The summed E-state index contributed by atoms with van der Waals surface area (Å²) in [5.41, 5.74) is 1.03. The summed E-state index contributed by atoms with van der Waals surface area (Å²) in [5, 5.41) is 3.63. The van der Waals surface area contributed by atoms with Gasteiger partial charge in [-0.2, -0.15) is 13.2 Å². The Morgan fingerprint density at radius 3 is 2.29 bits per heavy atom. The van der Waals surface area contributed by atoms with Crippen LogP contribution in [0.5, 0.6) is 0 Å². The summed E-state index contributed by atoms with van der Waals surface area (Å²) in [6.07, 6.45) is -0.235. The minimum Gasteiger partial charge on any atom is -0.339 e. The summed E-state index contributed by atoms with van der Waals surface area (Å²) in [5.74, 6) is 0.000466. The lowest BCUT2D eigenvalue weighted by Gasteiger charge is -2.39. The Kier molecular flexibility index (Phi) is 5.86. The molecule has 0 saturated carbocycles. The van der Waals surface area contributed by atoms with Crippen molar-refractivity contribution in [2.24, 2.45) is 5.41 Å². The van der Waals surface area contributed by atoms with E-state index in [1.807, 2.05) is 35.2 Å². The Bertz CT molecular complexity index is 1250. The van der Waals surface area contributed by atoms with Crippen molar-refractivity contribution >= 4 is 28.5 Å². The lowest BCUT2D eigenvalue weighted by Crippen LogP contribution is -2.45. The van der Waals surface area contributed by atoms with Crippen LogP contribution in [-0.2, 0) is 6.18 Å². The van der Waals surface area contributed by atoms with Crippen LogP contribution >= 0.6 is 0 Å². The second-order valence-corrected chi connectivity index (χ2v) is 9.38. The molecular formula is C26H25F3N4O2. The number of carbonyl (C=O) groups is 2. The standard InChI is InChI=1S/C26H25F3N4O2/c27-26(28,29)20-4-6-21(7-5-20)31-24(35)33-15-11-25(17-33)9-13-32(14-10-25)23(34)19-3-8-22-18(16-19)2-1-12-30-22/h1-8,12,16H,9-11,13-15,17H2,(H,31,35). The van der Waals surface area contributed by atoms with E-state index in [4.69, 9.17) is 0 Å². The van der Waals surface area contributed by atoms with Gasteiger partial charge in [-0.25, -0.2) is 4.79 Å². The van der Waals surface area contributed by atoms with Gasteiger partial charge in [-0.15, -0.1) is 0 Å². The van der Waals surface area contributed by atoms with Gasteiger partial charge in [-0.3, -0.25) is 9.78 Å². The van der Waals surface area contributed by atoms with Crippen molar-refractivity contribution in [3.8, 4) is 0 Å². The van der Waals surface area contributed by atoms with E-state index in [0.29, 0.717) is 37.4 Å². The van der Waals surface area contributed by atoms with E-state index in [0.717, 1.165) is 42.3 Å². The SMILES string of the molecule is O=C(Nc1ccc(C(F)(F)F)cc1)N1CCC2(CCN(C(=O)c3ccc4ncccc4c3)CC2)C1. The van der Waals surface area contributed by atoms with E-state index in [9.17, 15) is 22.8 Å². The molecule has 6 nitrogen and oxygen atoms in total. The second-order valence-electron chi connectivity index (χ2n) is 9.38. The number of carbonyl (C=O) groups excluding carboxylic acids is 2. The highest BCUT2D eigenvalue weighted by Gasteiger charge is 2.43. The summed E-state index contributed by atoms with van der Waals surface area (Å²) in [7, 11) is 0. The minimum atomic E-state index is -4.41. The Hall–Kier alpha value is -3.62. The molecule has 0 atom stereocenters. The Morgan fingerprint density at radius 2 is 1.60 bits per heavy atom. The smallest absolute Gasteiger partial charge is 0.339 e. The highest BCUT2D eigenvalue weighted by atomic mass is 19.4. The molecule has 0 bridgehead atoms. The largest absolute Gasteiger partial charge is 0.416 e. The van der Waals surface area contributed by atoms with Gasteiger partial charge in [0.05, 0.1) is 11.1 Å². The third-order valence-electron chi connectivity index (χ3n) is 7.15. The zero-order valence-corrected chi connectivity index (χ0v) is 19.0. The maximum atomic E-state index is 13.1. The van der Waals surface area contributed by atoms with E-state index >= 15 is 0 Å². The van der Waals surface area contributed by atoms with Crippen LogP contribution in [0.4, 0.5) is 23.7 Å². The molecule has 2 aliphatic heterocycles. The van der Waals surface area contributed by atoms with Gasteiger partial charge in [0.2, 0.25) is 0 Å². The van der Waals surface area contributed by atoms with Crippen molar-refractivity contribution in [3.05, 3.63) is 71.9 Å². The number of nitrogens with zero attached hydrogens (tertiary/aromatic N) is 3. The first-order valence-electron chi connectivity index (χ1n) is 11.6. The summed E-state index contributed by atoms with van der Waals surface area (Å²) >= 11 is 0. The van der Waals surface area contributed by atoms with Crippen LogP contribution in [0.2, 0.25) is 0 Å². The molecule has 0 aliphatic carbocycles. The van der Waals surface area contributed by atoms with Crippen molar-refractivity contribution < 1.29 is 22.8 Å². The van der Waals surface area contributed by atoms with Gasteiger partial charge >= 0.3 is 12.2 Å². The number of pyridine rings is 1. The molecule has 1 N–H and O–H groups in total. The molecule has 2 aliphatic rings. The topological polar surface area (TPSA) is 65.5 Å². The number of rotatable bonds is 2. The molecule has 0 radical (unpaired) electrons.